The lowest BCUT2D eigenvalue weighted by atomic mass is 10.1. The first-order chi connectivity index (χ1) is 15.7. The van der Waals surface area contributed by atoms with Crippen LogP contribution in [0.15, 0.2) is 59.2 Å². The van der Waals surface area contributed by atoms with E-state index in [1.165, 1.54) is 5.56 Å². The smallest absolute Gasteiger partial charge is 0.319 e. The van der Waals surface area contributed by atoms with Gasteiger partial charge >= 0.3 is 6.03 Å². The molecular formula is C23H23N7O2. The van der Waals surface area contributed by atoms with Crippen LogP contribution in [0.1, 0.15) is 30.1 Å². The van der Waals surface area contributed by atoms with Crippen LogP contribution in [0.3, 0.4) is 0 Å². The number of carbonyl (C=O) groups is 1. The van der Waals surface area contributed by atoms with Crippen molar-refractivity contribution in [2.24, 2.45) is 0 Å². The summed E-state index contributed by atoms with van der Waals surface area (Å²) in [6, 6.07) is 15.6. The number of rotatable bonds is 7. The van der Waals surface area contributed by atoms with Gasteiger partial charge in [0.2, 0.25) is 5.89 Å². The minimum absolute atomic E-state index is 0.275. The molecule has 2 heterocycles. The van der Waals surface area contributed by atoms with Crippen molar-refractivity contribution in [2.45, 2.75) is 32.2 Å². The highest BCUT2D eigenvalue weighted by Crippen LogP contribution is 2.36. The fourth-order valence-corrected chi connectivity index (χ4v) is 3.38. The molecule has 9 nitrogen and oxygen atoms in total. The van der Waals surface area contributed by atoms with E-state index >= 15 is 0 Å². The van der Waals surface area contributed by atoms with Gasteiger partial charge in [-0.25, -0.2) is 14.5 Å². The molecule has 0 unspecified atom stereocenters. The van der Waals surface area contributed by atoms with Crippen molar-refractivity contribution in [1.82, 2.24) is 30.5 Å². The number of aromatic nitrogens is 5. The van der Waals surface area contributed by atoms with Gasteiger partial charge < -0.3 is 15.1 Å². The zero-order valence-electron chi connectivity index (χ0n) is 17.7. The number of aryl methyl sites for hydroxylation is 1. The molecule has 1 saturated carbocycles. The normalized spacial score (nSPS) is 13.2. The minimum atomic E-state index is -0.275. The van der Waals surface area contributed by atoms with Gasteiger partial charge in [-0.05, 0) is 66.6 Å². The largest absolute Gasteiger partial charge is 0.444 e. The number of carbonyl (C=O) groups excluding carboxylic acids is 1. The summed E-state index contributed by atoms with van der Waals surface area (Å²) >= 11 is 0. The standard InChI is InChI=1S/C23H23N7O2/c1-15-2-4-17(5-3-15)22-25-19(14-32-22)12-13-24-23(31)26-18-8-6-16(7-9-18)21-27-28-29-30(21)20-10-11-20/h2-9,14,20H,10-13H2,1H3,(H2,24,26,31). The van der Waals surface area contributed by atoms with E-state index in [4.69, 9.17) is 4.42 Å². The van der Waals surface area contributed by atoms with Gasteiger partial charge in [-0.2, -0.15) is 0 Å². The van der Waals surface area contributed by atoms with E-state index in [0.717, 1.165) is 35.5 Å². The summed E-state index contributed by atoms with van der Waals surface area (Å²) in [5, 5.41) is 17.7. The second-order valence-electron chi connectivity index (χ2n) is 7.90. The predicted octanol–water partition coefficient (Wildman–Crippen LogP) is 4.00. The molecule has 2 amide bonds. The van der Waals surface area contributed by atoms with E-state index in [1.54, 1.807) is 6.26 Å². The average Bonchev–Trinajstić information content (AvgIpc) is 3.33. The summed E-state index contributed by atoms with van der Waals surface area (Å²) in [6.45, 7) is 2.48. The van der Waals surface area contributed by atoms with Crippen molar-refractivity contribution >= 4 is 11.7 Å². The van der Waals surface area contributed by atoms with E-state index in [2.05, 4.69) is 31.1 Å². The van der Waals surface area contributed by atoms with Crippen molar-refractivity contribution in [1.29, 1.82) is 0 Å². The minimum Gasteiger partial charge on any atom is -0.444 e. The molecule has 0 atom stereocenters. The topological polar surface area (TPSA) is 111 Å². The van der Waals surface area contributed by atoms with Crippen LogP contribution in [-0.2, 0) is 6.42 Å². The van der Waals surface area contributed by atoms with Crippen LogP contribution in [0.2, 0.25) is 0 Å². The molecule has 0 bridgehead atoms. The molecule has 32 heavy (non-hydrogen) atoms. The lowest BCUT2D eigenvalue weighted by Gasteiger charge is -2.08. The Labute approximate surface area is 184 Å². The van der Waals surface area contributed by atoms with Crippen molar-refractivity contribution in [2.75, 3.05) is 11.9 Å². The first-order valence-corrected chi connectivity index (χ1v) is 10.6. The molecule has 0 spiro atoms. The molecule has 2 N–H and O–H groups in total. The molecule has 0 aliphatic heterocycles. The van der Waals surface area contributed by atoms with Gasteiger partial charge in [0.25, 0.3) is 0 Å². The second kappa shape index (κ2) is 8.62. The van der Waals surface area contributed by atoms with Crippen LogP contribution in [0.25, 0.3) is 22.8 Å². The lowest BCUT2D eigenvalue weighted by molar-refractivity contribution is 0.252. The highest BCUT2D eigenvalue weighted by Gasteiger charge is 2.28. The number of hydrogen-bond donors (Lipinski definition) is 2. The van der Waals surface area contributed by atoms with Crippen molar-refractivity contribution in [3.63, 3.8) is 0 Å². The molecular weight excluding hydrogens is 406 g/mol. The van der Waals surface area contributed by atoms with E-state index in [0.29, 0.717) is 30.6 Å². The number of oxazole rings is 1. The fourth-order valence-electron chi connectivity index (χ4n) is 3.38. The molecule has 5 rings (SSSR count). The van der Waals surface area contributed by atoms with E-state index in [-0.39, 0.29) is 6.03 Å². The summed E-state index contributed by atoms with van der Waals surface area (Å²) in [4.78, 5) is 16.7. The second-order valence-corrected chi connectivity index (χ2v) is 7.90. The van der Waals surface area contributed by atoms with Crippen LogP contribution in [-0.4, -0.2) is 37.8 Å². The third kappa shape index (κ3) is 4.51. The molecule has 1 fully saturated rings. The van der Waals surface area contributed by atoms with Crippen LogP contribution >= 0.6 is 0 Å². The van der Waals surface area contributed by atoms with Crippen LogP contribution in [0, 0.1) is 6.92 Å². The number of hydrogen-bond acceptors (Lipinski definition) is 6. The molecule has 1 aliphatic rings. The molecule has 9 heteroatoms. The zero-order valence-corrected chi connectivity index (χ0v) is 17.7. The maximum Gasteiger partial charge on any atom is 0.319 e. The highest BCUT2D eigenvalue weighted by molar-refractivity contribution is 5.89. The quantitative estimate of drug-likeness (QED) is 0.459. The van der Waals surface area contributed by atoms with Crippen LogP contribution in [0.4, 0.5) is 10.5 Å². The number of benzene rings is 2. The number of nitrogens with zero attached hydrogens (tertiary/aromatic N) is 5. The molecule has 2 aromatic carbocycles. The lowest BCUT2D eigenvalue weighted by Crippen LogP contribution is -2.30. The van der Waals surface area contributed by atoms with Gasteiger partial charge in [0, 0.05) is 29.8 Å². The van der Waals surface area contributed by atoms with Gasteiger partial charge in [-0.15, -0.1) is 5.10 Å². The SMILES string of the molecule is Cc1ccc(-c2nc(CCNC(=O)Nc3ccc(-c4nnnn4C4CC4)cc3)co2)cc1. The average molecular weight is 429 g/mol. The summed E-state index contributed by atoms with van der Waals surface area (Å²) in [5.41, 5.74) is 4.52. The molecule has 4 aromatic rings. The van der Waals surface area contributed by atoms with Gasteiger partial charge in [-0.1, -0.05) is 17.7 Å². The summed E-state index contributed by atoms with van der Waals surface area (Å²) < 4.78 is 7.42. The Balaban J connectivity index is 1.11. The number of urea groups is 1. The first-order valence-electron chi connectivity index (χ1n) is 10.6. The van der Waals surface area contributed by atoms with Gasteiger partial charge in [-0.3, -0.25) is 0 Å². The maximum absolute atomic E-state index is 12.2. The van der Waals surface area contributed by atoms with Crippen molar-refractivity contribution in [3.8, 4) is 22.8 Å². The predicted molar refractivity (Wildman–Crippen MR) is 119 cm³/mol. The number of nitrogens with one attached hydrogen (secondary N) is 2. The number of anilines is 1. The molecule has 0 radical (unpaired) electrons. The molecule has 162 valence electrons. The monoisotopic (exact) mass is 429 g/mol. The highest BCUT2D eigenvalue weighted by atomic mass is 16.3. The Morgan fingerprint density at radius 3 is 2.59 bits per heavy atom. The van der Waals surface area contributed by atoms with Gasteiger partial charge in [0.05, 0.1) is 11.7 Å². The number of amides is 2. The Kier molecular flexibility index (Phi) is 5.37. The third-order valence-corrected chi connectivity index (χ3v) is 5.30. The summed E-state index contributed by atoms with van der Waals surface area (Å²) in [6.07, 6.45) is 4.42. The Morgan fingerprint density at radius 2 is 1.84 bits per heavy atom. The Bertz CT molecular complexity index is 1210. The number of tetrazole rings is 1. The zero-order chi connectivity index (χ0) is 21.9. The molecule has 1 aliphatic carbocycles. The van der Waals surface area contributed by atoms with Gasteiger partial charge in [0.1, 0.15) is 6.26 Å². The Morgan fingerprint density at radius 1 is 1.09 bits per heavy atom. The van der Waals surface area contributed by atoms with Crippen LogP contribution in [0.5, 0.6) is 0 Å². The fraction of sp³-hybridized carbons (Fsp3) is 0.261. The maximum atomic E-state index is 12.2. The van der Waals surface area contributed by atoms with E-state index in [9.17, 15) is 4.79 Å². The molecule has 2 aromatic heterocycles. The Hall–Kier alpha value is -4.01. The van der Waals surface area contributed by atoms with Crippen molar-refractivity contribution in [3.05, 3.63) is 66.1 Å². The van der Waals surface area contributed by atoms with E-state index < -0.39 is 0 Å². The summed E-state index contributed by atoms with van der Waals surface area (Å²) in [7, 11) is 0. The van der Waals surface area contributed by atoms with Crippen molar-refractivity contribution < 1.29 is 9.21 Å². The first kappa shape index (κ1) is 19.9. The third-order valence-electron chi connectivity index (χ3n) is 5.30. The van der Waals surface area contributed by atoms with E-state index in [1.807, 2.05) is 60.1 Å². The van der Waals surface area contributed by atoms with Crippen LogP contribution < -0.4 is 10.6 Å². The summed E-state index contributed by atoms with van der Waals surface area (Å²) in [5.74, 6) is 1.33. The van der Waals surface area contributed by atoms with Gasteiger partial charge in [0.15, 0.2) is 5.82 Å². The molecule has 0 saturated heterocycles.